The fourth-order valence-electron chi connectivity index (χ4n) is 2.92. The van der Waals surface area contributed by atoms with Crippen LogP contribution < -0.4 is 5.32 Å². The van der Waals surface area contributed by atoms with Gasteiger partial charge >= 0.3 is 12.1 Å². The highest BCUT2D eigenvalue weighted by Crippen LogP contribution is 2.39. The van der Waals surface area contributed by atoms with Crippen LogP contribution in [0.4, 0.5) is 9.59 Å². The minimum absolute atomic E-state index is 0.192. The number of carboxylic acid groups (broad SMARTS) is 1. The maximum Gasteiger partial charge on any atom is 0.407 e. The average molecular weight is 344 g/mol. The van der Waals surface area contributed by atoms with E-state index in [2.05, 4.69) is 5.32 Å². The van der Waals surface area contributed by atoms with Crippen LogP contribution in [0, 0.1) is 0 Å². The minimum Gasteiger partial charge on any atom is -0.465 e. The number of urea groups is 1. The van der Waals surface area contributed by atoms with E-state index in [0.29, 0.717) is 36.2 Å². The molecule has 0 unspecified atom stereocenters. The third-order valence-corrected chi connectivity index (χ3v) is 4.89. The normalized spacial score (nSPS) is 18.6. The molecule has 22 heavy (non-hydrogen) atoms. The van der Waals surface area contributed by atoms with Crippen LogP contribution in [0.3, 0.4) is 0 Å². The molecule has 2 N–H and O–H groups in total. The number of rotatable bonds is 2. The molecule has 2 aliphatic heterocycles. The summed E-state index contributed by atoms with van der Waals surface area (Å²) in [4.78, 5) is 26.1. The topological polar surface area (TPSA) is 72.9 Å². The number of hydrogen-bond donors (Lipinski definition) is 2. The van der Waals surface area contributed by atoms with Crippen LogP contribution >= 0.6 is 23.2 Å². The molecule has 0 atom stereocenters. The Bertz CT molecular complexity index is 632. The molecule has 1 aromatic rings. The van der Waals surface area contributed by atoms with Crippen molar-refractivity contribution in [1.82, 2.24) is 15.1 Å². The first kappa shape index (κ1) is 15.2. The Labute approximate surface area is 137 Å². The lowest BCUT2D eigenvalue weighted by Gasteiger charge is -2.61. The number of likely N-dealkylation sites (tertiary alicyclic amines) is 2. The molecule has 1 spiro atoms. The van der Waals surface area contributed by atoms with E-state index in [4.69, 9.17) is 28.3 Å². The van der Waals surface area contributed by atoms with Crippen molar-refractivity contribution in [3.63, 3.8) is 0 Å². The van der Waals surface area contributed by atoms with E-state index in [9.17, 15) is 9.59 Å². The molecule has 0 bridgehead atoms. The summed E-state index contributed by atoms with van der Waals surface area (Å²) in [5, 5.41) is 12.8. The Morgan fingerprint density at radius 1 is 1.32 bits per heavy atom. The highest BCUT2D eigenvalue weighted by Gasteiger charge is 2.56. The minimum atomic E-state index is -0.939. The zero-order valence-corrected chi connectivity index (χ0v) is 13.2. The Morgan fingerprint density at radius 2 is 2.05 bits per heavy atom. The van der Waals surface area contributed by atoms with Crippen LogP contribution in [0.1, 0.15) is 12.0 Å². The lowest BCUT2D eigenvalue weighted by molar-refractivity contribution is -0.0817. The second-order valence-electron chi connectivity index (χ2n) is 5.66. The number of hydrogen-bond acceptors (Lipinski definition) is 2. The number of nitrogens with one attached hydrogen (secondary N) is 1. The standard InChI is InChI=1S/C14H15Cl2N3O3/c15-10-2-1-9(11(16)5-10)6-17-12(20)19-4-3-14(19)7-18(8-14)13(21)22/h1-2,5H,3-4,6-8H2,(H,17,20)(H,21,22). The fraction of sp³-hybridized carbons (Fsp3) is 0.429. The molecule has 3 amide bonds. The van der Waals surface area contributed by atoms with Crippen LogP contribution in [-0.2, 0) is 6.54 Å². The van der Waals surface area contributed by atoms with Gasteiger partial charge in [0.25, 0.3) is 0 Å². The highest BCUT2D eigenvalue weighted by atomic mass is 35.5. The summed E-state index contributed by atoms with van der Waals surface area (Å²) in [6.07, 6.45) is -0.0999. The van der Waals surface area contributed by atoms with Crippen LogP contribution in [0.25, 0.3) is 0 Å². The molecule has 8 heteroatoms. The van der Waals surface area contributed by atoms with Crippen molar-refractivity contribution in [2.45, 2.75) is 18.5 Å². The van der Waals surface area contributed by atoms with Gasteiger partial charge in [0.05, 0.1) is 5.54 Å². The molecular weight excluding hydrogens is 329 g/mol. The van der Waals surface area contributed by atoms with Gasteiger partial charge in [-0.3, -0.25) is 0 Å². The van der Waals surface area contributed by atoms with Gasteiger partial charge in [-0.25, -0.2) is 9.59 Å². The van der Waals surface area contributed by atoms with Crippen LogP contribution in [0.15, 0.2) is 18.2 Å². The molecule has 3 rings (SSSR count). The van der Waals surface area contributed by atoms with E-state index in [1.165, 1.54) is 4.90 Å². The SMILES string of the molecule is O=C(O)N1CC2(CCN2C(=O)NCc2ccc(Cl)cc2Cl)C1. The maximum atomic E-state index is 12.2. The number of carbonyl (C=O) groups is 2. The zero-order chi connectivity index (χ0) is 15.9. The van der Waals surface area contributed by atoms with Gasteiger partial charge in [0.1, 0.15) is 0 Å². The van der Waals surface area contributed by atoms with Gasteiger partial charge < -0.3 is 20.2 Å². The van der Waals surface area contributed by atoms with Crippen LogP contribution in [0.5, 0.6) is 0 Å². The van der Waals surface area contributed by atoms with E-state index in [0.717, 1.165) is 12.0 Å². The first-order chi connectivity index (χ1) is 10.4. The molecule has 0 aliphatic carbocycles. The molecule has 2 saturated heterocycles. The third-order valence-electron chi connectivity index (χ3n) is 4.30. The summed E-state index contributed by atoms with van der Waals surface area (Å²) >= 11 is 11.9. The summed E-state index contributed by atoms with van der Waals surface area (Å²) in [6.45, 7) is 1.73. The Kier molecular flexibility index (Phi) is 3.82. The average Bonchev–Trinajstić information content (AvgIpc) is 2.34. The lowest BCUT2D eigenvalue weighted by Crippen LogP contribution is -2.79. The number of nitrogens with zero attached hydrogens (tertiary/aromatic N) is 2. The summed E-state index contributed by atoms with van der Waals surface area (Å²) in [6, 6.07) is 4.93. The van der Waals surface area contributed by atoms with Gasteiger partial charge in [0.2, 0.25) is 0 Å². The molecule has 0 aromatic heterocycles. The first-order valence-corrected chi connectivity index (χ1v) is 7.64. The smallest absolute Gasteiger partial charge is 0.407 e. The molecule has 2 fully saturated rings. The molecular formula is C14H15Cl2N3O3. The van der Waals surface area contributed by atoms with E-state index in [1.807, 2.05) is 0 Å². The van der Waals surface area contributed by atoms with E-state index >= 15 is 0 Å². The largest absolute Gasteiger partial charge is 0.465 e. The van der Waals surface area contributed by atoms with E-state index in [-0.39, 0.29) is 11.6 Å². The molecule has 0 radical (unpaired) electrons. The Balaban J connectivity index is 1.56. The monoisotopic (exact) mass is 343 g/mol. The molecule has 6 nitrogen and oxygen atoms in total. The molecule has 0 saturated carbocycles. The van der Waals surface area contributed by atoms with Crippen molar-refractivity contribution < 1.29 is 14.7 Å². The molecule has 2 aliphatic rings. The van der Waals surface area contributed by atoms with Crippen LogP contribution in [0.2, 0.25) is 10.0 Å². The summed E-state index contributed by atoms with van der Waals surface area (Å²) in [5.74, 6) is 0. The quantitative estimate of drug-likeness (QED) is 0.866. The fourth-order valence-corrected chi connectivity index (χ4v) is 3.39. The van der Waals surface area contributed by atoms with Crippen molar-refractivity contribution in [2.75, 3.05) is 19.6 Å². The van der Waals surface area contributed by atoms with Crippen molar-refractivity contribution in [3.05, 3.63) is 33.8 Å². The maximum absolute atomic E-state index is 12.2. The van der Waals surface area contributed by atoms with Gasteiger partial charge in [-0.15, -0.1) is 0 Å². The Morgan fingerprint density at radius 3 is 2.59 bits per heavy atom. The molecule has 118 valence electrons. The number of halogens is 2. The Hall–Kier alpha value is -1.66. The van der Waals surface area contributed by atoms with Crippen molar-refractivity contribution in [3.8, 4) is 0 Å². The lowest BCUT2D eigenvalue weighted by atomic mass is 9.78. The van der Waals surface area contributed by atoms with Crippen molar-refractivity contribution >= 4 is 35.3 Å². The van der Waals surface area contributed by atoms with E-state index < -0.39 is 6.09 Å². The summed E-state index contributed by atoms with van der Waals surface area (Å²) in [5.41, 5.74) is 0.474. The molecule has 1 aromatic carbocycles. The van der Waals surface area contributed by atoms with Gasteiger partial charge in [0, 0.05) is 36.2 Å². The van der Waals surface area contributed by atoms with Crippen molar-refractivity contribution in [2.24, 2.45) is 0 Å². The molecule has 2 heterocycles. The first-order valence-electron chi connectivity index (χ1n) is 6.89. The number of amides is 3. The van der Waals surface area contributed by atoms with Gasteiger partial charge in [0.15, 0.2) is 0 Å². The van der Waals surface area contributed by atoms with Crippen molar-refractivity contribution in [1.29, 1.82) is 0 Å². The highest BCUT2D eigenvalue weighted by molar-refractivity contribution is 6.35. The number of carbonyl (C=O) groups excluding carboxylic acids is 1. The predicted octanol–water partition coefficient (Wildman–Crippen LogP) is 2.64. The van der Waals surface area contributed by atoms with E-state index in [1.54, 1.807) is 23.1 Å². The second kappa shape index (κ2) is 5.52. The zero-order valence-electron chi connectivity index (χ0n) is 11.7. The van der Waals surface area contributed by atoms with Gasteiger partial charge in [-0.1, -0.05) is 29.3 Å². The van der Waals surface area contributed by atoms with Gasteiger partial charge in [-0.05, 0) is 24.1 Å². The summed E-state index contributed by atoms with van der Waals surface area (Å²) in [7, 11) is 0. The van der Waals surface area contributed by atoms with Gasteiger partial charge in [-0.2, -0.15) is 0 Å². The van der Waals surface area contributed by atoms with Crippen LogP contribution in [-0.4, -0.2) is 52.2 Å². The third kappa shape index (κ3) is 2.57. The number of benzene rings is 1. The summed E-state index contributed by atoms with van der Waals surface area (Å²) < 4.78 is 0. The predicted molar refractivity (Wildman–Crippen MR) is 82.3 cm³/mol. The second-order valence-corrected chi connectivity index (χ2v) is 6.50.